The first kappa shape index (κ1) is 14.7. The van der Waals surface area contributed by atoms with Gasteiger partial charge < -0.3 is 4.74 Å². The Balaban J connectivity index is 2.79. The summed E-state index contributed by atoms with van der Waals surface area (Å²) < 4.78 is 5.87. The van der Waals surface area contributed by atoms with Gasteiger partial charge in [0.2, 0.25) is 0 Å². The van der Waals surface area contributed by atoms with E-state index in [9.17, 15) is 4.79 Å². The molecule has 0 heterocycles. The molecule has 5 heteroatoms. The van der Waals surface area contributed by atoms with Gasteiger partial charge in [0, 0.05) is 4.47 Å². The van der Waals surface area contributed by atoms with Gasteiger partial charge in [-0.25, -0.2) is 4.79 Å². The van der Waals surface area contributed by atoms with Crippen molar-refractivity contribution in [3.05, 3.63) is 28.2 Å². The molecule has 98 valence electrons. The Morgan fingerprint density at radius 1 is 1.44 bits per heavy atom. The van der Waals surface area contributed by atoms with E-state index in [0.29, 0.717) is 12.3 Å². The molecule has 0 saturated heterocycles. The lowest BCUT2D eigenvalue weighted by Gasteiger charge is -2.08. The number of esters is 1. The summed E-state index contributed by atoms with van der Waals surface area (Å²) in [6, 6.07) is 5.87. The molecule has 0 aliphatic carbocycles. The normalized spacial score (nSPS) is 11.2. The van der Waals surface area contributed by atoms with Crippen LogP contribution in [0.1, 0.15) is 26.3 Å². The van der Waals surface area contributed by atoms with Crippen molar-refractivity contribution in [1.29, 1.82) is 0 Å². The van der Waals surface area contributed by atoms with Crippen LogP contribution in [-0.4, -0.2) is 18.3 Å². The van der Waals surface area contributed by atoms with E-state index in [1.807, 2.05) is 18.2 Å². The molecule has 0 bridgehead atoms. The summed E-state index contributed by atoms with van der Waals surface area (Å²) in [5.41, 5.74) is 5.23. The van der Waals surface area contributed by atoms with Gasteiger partial charge in [0.05, 0.1) is 12.3 Å². The highest BCUT2D eigenvalue weighted by atomic mass is 79.9. The summed E-state index contributed by atoms with van der Waals surface area (Å²) in [6.45, 7) is 5.80. The number of ether oxygens (including phenoxy) is 1. The van der Waals surface area contributed by atoms with Crippen molar-refractivity contribution in [1.82, 2.24) is 0 Å². The molecule has 4 nitrogen and oxygen atoms in total. The van der Waals surface area contributed by atoms with Crippen molar-refractivity contribution in [2.75, 3.05) is 12.0 Å². The van der Waals surface area contributed by atoms with Gasteiger partial charge >= 0.3 is 5.97 Å². The second-order valence-electron chi connectivity index (χ2n) is 3.68. The number of nitrogens with zero attached hydrogens (tertiary/aromatic N) is 1. The maximum absolute atomic E-state index is 11.4. The molecule has 1 aromatic carbocycles. The van der Waals surface area contributed by atoms with Gasteiger partial charge in [-0.3, -0.25) is 5.43 Å². The van der Waals surface area contributed by atoms with E-state index in [2.05, 4.69) is 33.4 Å². The molecular formula is C13H17BrN2O2. The highest BCUT2D eigenvalue weighted by Crippen LogP contribution is 2.21. The first-order valence-electron chi connectivity index (χ1n) is 5.84. The summed E-state index contributed by atoms with van der Waals surface area (Å²) in [4.78, 5) is 11.4. The van der Waals surface area contributed by atoms with Crippen LogP contribution in [0.3, 0.4) is 0 Å². The van der Waals surface area contributed by atoms with Gasteiger partial charge in [-0.2, -0.15) is 5.10 Å². The molecule has 0 radical (unpaired) electrons. The minimum absolute atomic E-state index is 0.307. The molecule has 1 aromatic rings. The highest BCUT2D eigenvalue weighted by Gasteiger charge is 2.06. The molecule has 0 aliphatic rings. The molecule has 0 aliphatic heterocycles. The SMILES string of the molecule is CCOC(=O)/C(C)=N/Nc1ccc(Br)cc1CC. The maximum Gasteiger partial charge on any atom is 0.354 e. The van der Waals surface area contributed by atoms with Crippen LogP contribution in [0.15, 0.2) is 27.8 Å². The lowest BCUT2D eigenvalue weighted by atomic mass is 10.1. The van der Waals surface area contributed by atoms with Crippen LogP contribution in [0.4, 0.5) is 5.69 Å². The molecule has 0 amide bonds. The number of halogens is 1. The number of hydrazone groups is 1. The Morgan fingerprint density at radius 2 is 2.17 bits per heavy atom. The first-order valence-corrected chi connectivity index (χ1v) is 6.63. The largest absolute Gasteiger partial charge is 0.461 e. The number of anilines is 1. The van der Waals surface area contributed by atoms with Crippen LogP contribution in [-0.2, 0) is 16.0 Å². The number of carbonyl (C=O) groups is 1. The third-order valence-electron chi connectivity index (χ3n) is 2.36. The Bertz CT molecular complexity index is 458. The average Bonchev–Trinajstić information content (AvgIpc) is 2.37. The average molecular weight is 313 g/mol. The van der Waals surface area contributed by atoms with Crippen molar-refractivity contribution in [3.8, 4) is 0 Å². The quantitative estimate of drug-likeness (QED) is 0.515. The molecule has 18 heavy (non-hydrogen) atoms. The molecule has 0 saturated carbocycles. The van der Waals surface area contributed by atoms with Crippen LogP contribution in [0.2, 0.25) is 0 Å². The fourth-order valence-electron chi connectivity index (χ4n) is 1.39. The number of aryl methyl sites for hydroxylation is 1. The number of carbonyl (C=O) groups excluding carboxylic acids is 1. The fourth-order valence-corrected chi connectivity index (χ4v) is 1.80. The first-order chi connectivity index (χ1) is 8.58. The number of hydrogen-bond acceptors (Lipinski definition) is 4. The maximum atomic E-state index is 11.4. The van der Waals surface area contributed by atoms with Crippen LogP contribution in [0.5, 0.6) is 0 Å². The van der Waals surface area contributed by atoms with E-state index in [1.165, 1.54) is 0 Å². The number of nitrogens with one attached hydrogen (secondary N) is 1. The van der Waals surface area contributed by atoms with Crippen molar-refractivity contribution < 1.29 is 9.53 Å². The highest BCUT2D eigenvalue weighted by molar-refractivity contribution is 9.10. The summed E-state index contributed by atoms with van der Waals surface area (Å²) in [7, 11) is 0. The topological polar surface area (TPSA) is 50.7 Å². The van der Waals surface area contributed by atoms with E-state index < -0.39 is 5.97 Å². The zero-order chi connectivity index (χ0) is 13.5. The van der Waals surface area contributed by atoms with Crippen LogP contribution in [0, 0.1) is 0 Å². The van der Waals surface area contributed by atoms with E-state index in [0.717, 1.165) is 22.1 Å². The van der Waals surface area contributed by atoms with Gasteiger partial charge in [-0.15, -0.1) is 0 Å². The van der Waals surface area contributed by atoms with Gasteiger partial charge in [0.1, 0.15) is 5.71 Å². The zero-order valence-electron chi connectivity index (χ0n) is 10.8. The smallest absolute Gasteiger partial charge is 0.354 e. The number of rotatable bonds is 5. The zero-order valence-corrected chi connectivity index (χ0v) is 12.4. The lowest BCUT2D eigenvalue weighted by molar-refractivity contribution is -0.135. The number of benzene rings is 1. The third-order valence-corrected chi connectivity index (χ3v) is 2.86. The van der Waals surface area contributed by atoms with Crippen molar-refractivity contribution in [3.63, 3.8) is 0 Å². The van der Waals surface area contributed by atoms with Crippen molar-refractivity contribution in [2.24, 2.45) is 5.10 Å². The predicted molar refractivity (Wildman–Crippen MR) is 76.9 cm³/mol. The third kappa shape index (κ3) is 4.14. The molecule has 0 atom stereocenters. The summed E-state index contributed by atoms with van der Waals surface area (Å²) >= 11 is 3.42. The Morgan fingerprint density at radius 3 is 2.78 bits per heavy atom. The van der Waals surface area contributed by atoms with Gasteiger partial charge in [-0.1, -0.05) is 22.9 Å². The fraction of sp³-hybridized carbons (Fsp3) is 0.385. The summed E-state index contributed by atoms with van der Waals surface area (Å²) in [5, 5.41) is 4.03. The van der Waals surface area contributed by atoms with Crippen molar-refractivity contribution in [2.45, 2.75) is 27.2 Å². The van der Waals surface area contributed by atoms with E-state index in [-0.39, 0.29) is 0 Å². The van der Waals surface area contributed by atoms with Crippen LogP contribution < -0.4 is 5.43 Å². The molecule has 0 aromatic heterocycles. The molecule has 0 fully saturated rings. The number of hydrogen-bond donors (Lipinski definition) is 1. The van der Waals surface area contributed by atoms with Crippen molar-refractivity contribution >= 4 is 33.3 Å². The van der Waals surface area contributed by atoms with Gasteiger partial charge in [-0.05, 0) is 44.0 Å². The van der Waals surface area contributed by atoms with Crippen LogP contribution in [0.25, 0.3) is 0 Å². The second kappa shape index (κ2) is 7.16. The van der Waals surface area contributed by atoms with E-state index in [4.69, 9.17) is 4.74 Å². The Kier molecular flexibility index (Phi) is 5.85. The summed E-state index contributed by atoms with van der Waals surface area (Å²) in [6.07, 6.45) is 0.885. The molecular weight excluding hydrogens is 296 g/mol. The minimum Gasteiger partial charge on any atom is -0.461 e. The molecule has 1 rings (SSSR count). The molecule has 0 spiro atoms. The van der Waals surface area contributed by atoms with Crippen LogP contribution >= 0.6 is 15.9 Å². The predicted octanol–water partition coefficient (Wildman–Crippen LogP) is 3.36. The lowest BCUT2D eigenvalue weighted by Crippen LogP contribution is -2.15. The monoisotopic (exact) mass is 312 g/mol. The minimum atomic E-state index is -0.403. The standard InChI is InChI=1S/C13H17BrN2O2/c1-4-10-8-11(14)6-7-12(10)16-15-9(3)13(17)18-5-2/h6-8,16H,4-5H2,1-3H3/b15-9+. The molecule has 0 unspecified atom stereocenters. The van der Waals surface area contributed by atoms with E-state index >= 15 is 0 Å². The van der Waals surface area contributed by atoms with Gasteiger partial charge in [0.25, 0.3) is 0 Å². The Hall–Kier alpha value is -1.36. The van der Waals surface area contributed by atoms with Gasteiger partial charge in [0.15, 0.2) is 0 Å². The Labute approximate surface area is 116 Å². The van der Waals surface area contributed by atoms with E-state index in [1.54, 1.807) is 13.8 Å². The molecule has 1 N–H and O–H groups in total. The second-order valence-corrected chi connectivity index (χ2v) is 4.60. The summed E-state index contributed by atoms with van der Waals surface area (Å²) in [5.74, 6) is -0.403.